The molecule has 0 aromatic rings. The fraction of sp³-hybridized carbons (Fsp3) is 0.882. The van der Waals surface area contributed by atoms with E-state index in [2.05, 4.69) is 13.8 Å². The first kappa shape index (κ1) is 15.9. The second-order valence-electron chi connectivity index (χ2n) is 7.62. The predicted octanol–water partition coefficient (Wildman–Crippen LogP) is 2.46. The van der Waals surface area contributed by atoms with Crippen LogP contribution in [-0.4, -0.2) is 35.9 Å². The third-order valence-electron chi connectivity index (χ3n) is 5.57. The lowest BCUT2D eigenvalue weighted by Crippen LogP contribution is -2.42. The number of hydrogen-bond acceptors (Lipinski definition) is 5. The highest BCUT2D eigenvalue weighted by Crippen LogP contribution is 2.45. The topological polar surface area (TPSA) is 61.8 Å². The van der Waals surface area contributed by atoms with Crippen molar-refractivity contribution in [2.75, 3.05) is 0 Å². The van der Waals surface area contributed by atoms with Gasteiger partial charge in [-0.25, -0.2) is 0 Å². The molecule has 5 nitrogen and oxygen atoms in total. The zero-order valence-corrected chi connectivity index (χ0v) is 13.8. The molecular weight excluding hydrogens is 284 g/mol. The van der Waals surface area contributed by atoms with Crippen molar-refractivity contribution in [1.29, 1.82) is 0 Å². The summed E-state index contributed by atoms with van der Waals surface area (Å²) in [5.74, 6) is -1.16. The molecule has 0 amide bonds. The van der Waals surface area contributed by atoms with Crippen LogP contribution >= 0.6 is 0 Å². The molecule has 6 unspecified atom stereocenters. The Morgan fingerprint density at radius 3 is 2.50 bits per heavy atom. The molecule has 0 aromatic carbocycles. The van der Waals surface area contributed by atoms with Crippen molar-refractivity contribution in [3.63, 3.8) is 0 Å². The van der Waals surface area contributed by atoms with Crippen molar-refractivity contribution in [2.24, 2.45) is 17.8 Å². The van der Waals surface area contributed by atoms with Crippen LogP contribution < -0.4 is 0 Å². The second-order valence-corrected chi connectivity index (χ2v) is 7.62. The average Bonchev–Trinajstić information content (AvgIpc) is 3.10. The normalized spacial score (nSPS) is 39.4. The van der Waals surface area contributed by atoms with E-state index in [0.29, 0.717) is 24.5 Å². The highest BCUT2D eigenvalue weighted by Gasteiger charge is 2.49. The molecule has 6 atom stereocenters. The molecule has 3 fully saturated rings. The Morgan fingerprint density at radius 1 is 1.27 bits per heavy atom. The smallest absolute Gasteiger partial charge is 0.317 e. The van der Waals surface area contributed by atoms with Gasteiger partial charge < -0.3 is 14.2 Å². The Labute approximate surface area is 131 Å². The molecule has 3 rings (SSSR count). The first-order valence-corrected chi connectivity index (χ1v) is 8.36. The summed E-state index contributed by atoms with van der Waals surface area (Å²) in [6, 6.07) is 0. The molecule has 5 heteroatoms. The van der Waals surface area contributed by atoms with E-state index in [-0.39, 0.29) is 23.5 Å². The molecule has 0 spiro atoms. The van der Waals surface area contributed by atoms with Crippen molar-refractivity contribution in [1.82, 2.24) is 0 Å². The van der Waals surface area contributed by atoms with Gasteiger partial charge in [-0.3, -0.25) is 9.59 Å². The summed E-state index contributed by atoms with van der Waals surface area (Å²) < 4.78 is 16.9. The van der Waals surface area contributed by atoms with Crippen molar-refractivity contribution in [3.8, 4) is 0 Å². The second kappa shape index (κ2) is 5.60. The molecule has 0 N–H and O–H groups in total. The van der Waals surface area contributed by atoms with E-state index < -0.39 is 11.9 Å². The van der Waals surface area contributed by atoms with Crippen molar-refractivity contribution in [3.05, 3.63) is 0 Å². The number of hydrogen-bond donors (Lipinski definition) is 0. The van der Waals surface area contributed by atoms with Gasteiger partial charge in [-0.1, -0.05) is 6.92 Å². The molecule has 0 saturated carbocycles. The quantitative estimate of drug-likeness (QED) is 0.576. The Bertz CT molecular complexity index is 472. The Hall–Kier alpha value is -0.940. The predicted molar refractivity (Wildman–Crippen MR) is 79.0 cm³/mol. The standard InChI is InChI=1S/C17H26O5/c1-9(7-12-10(2)15(18)21-16(12)19)22-17(3,4)13-8-11-5-6-14(13)20-11/h9-14H,5-8H2,1-4H3. The summed E-state index contributed by atoms with van der Waals surface area (Å²) >= 11 is 0. The van der Waals surface area contributed by atoms with Crippen molar-refractivity contribution < 1.29 is 23.8 Å². The van der Waals surface area contributed by atoms with Crippen LogP contribution in [0.3, 0.4) is 0 Å². The van der Waals surface area contributed by atoms with E-state index in [4.69, 9.17) is 14.2 Å². The summed E-state index contributed by atoms with van der Waals surface area (Å²) in [7, 11) is 0. The summed E-state index contributed by atoms with van der Waals surface area (Å²) in [6.45, 7) is 7.94. The molecule has 0 radical (unpaired) electrons. The molecule has 3 saturated heterocycles. The molecular formula is C17H26O5. The molecule has 22 heavy (non-hydrogen) atoms. The van der Waals surface area contributed by atoms with E-state index in [1.54, 1.807) is 6.92 Å². The van der Waals surface area contributed by atoms with E-state index in [1.807, 2.05) is 6.92 Å². The number of carbonyl (C=O) groups excluding carboxylic acids is 2. The van der Waals surface area contributed by atoms with E-state index in [1.165, 1.54) is 6.42 Å². The van der Waals surface area contributed by atoms with Crippen LogP contribution in [0, 0.1) is 17.8 Å². The van der Waals surface area contributed by atoms with Gasteiger partial charge in [0.1, 0.15) is 0 Å². The summed E-state index contributed by atoms with van der Waals surface area (Å²) in [5, 5.41) is 0. The Kier molecular flexibility index (Phi) is 4.06. The first-order valence-electron chi connectivity index (χ1n) is 8.36. The number of esters is 2. The minimum absolute atomic E-state index is 0.0972. The molecule has 3 aliphatic rings. The van der Waals surface area contributed by atoms with Gasteiger partial charge in [0.15, 0.2) is 0 Å². The van der Waals surface area contributed by atoms with Gasteiger partial charge in [0, 0.05) is 5.92 Å². The van der Waals surface area contributed by atoms with E-state index in [9.17, 15) is 9.59 Å². The number of rotatable bonds is 5. The minimum atomic E-state index is -0.414. The average molecular weight is 310 g/mol. The fourth-order valence-corrected chi connectivity index (χ4v) is 4.32. The first-order chi connectivity index (χ1) is 10.3. The van der Waals surface area contributed by atoms with Gasteiger partial charge >= 0.3 is 11.9 Å². The number of ether oxygens (including phenoxy) is 3. The van der Waals surface area contributed by atoms with Crippen LogP contribution in [0.4, 0.5) is 0 Å². The highest BCUT2D eigenvalue weighted by molar-refractivity contribution is 5.96. The third-order valence-corrected chi connectivity index (χ3v) is 5.57. The molecule has 3 heterocycles. The Balaban J connectivity index is 1.58. The van der Waals surface area contributed by atoms with Crippen molar-refractivity contribution in [2.45, 2.75) is 77.3 Å². The maximum atomic E-state index is 11.7. The highest BCUT2D eigenvalue weighted by atomic mass is 16.6. The summed E-state index contributed by atoms with van der Waals surface area (Å²) in [4.78, 5) is 23.2. The van der Waals surface area contributed by atoms with E-state index >= 15 is 0 Å². The fourth-order valence-electron chi connectivity index (χ4n) is 4.32. The number of cyclic esters (lactones) is 2. The lowest BCUT2D eigenvalue weighted by atomic mass is 9.78. The SMILES string of the molecule is CC(CC1C(=O)OC(=O)C1C)OC(C)(C)C1CC2CCC1O2. The monoisotopic (exact) mass is 310 g/mol. The zero-order valence-electron chi connectivity index (χ0n) is 13.8. The lowest BCUT2D eigenvalue weighted by molar-refractivity contribution is -0.154. The van der Waals surface area contributed by atoms with Crippen LogP contribution in [0.25, 0.3) is 0 Å². The Morgan fingerprint density at radius 2 is 2.00 bits per heavy atom. The van der Waals surface area contributed by atoms with Gasteiger partial charge in [0.2, 0.25) is 0 Å². The largest absolute Gasteiger partial charge is 0.393 e. The summed E-state index contributed by atoms with van der Waals surface area (Å²) in [6.07, 6.45) is 4.48. The summed E-state index contributed by atoms with van der Waals surface area (Å²) in [5.41, 5.74) is -0.283. The van der Waals surface area contributed by atoms with Crippen LogP contribution in [0.2, 0.25) is 0 Å². The maximum Gasteiger partial charge on any atom is 0.317 e. The molecule has 124 valence electrons. The van der Waals surface area contributed by atoms with Crippen LogP contribution in [0.5, 0.6) is 0 Å². The lowest BCUT2D eigenvalue weighted by Gasteiger charge is -2.38. The molecule has 0 aromatic heterocycles. The zero-order chi connectivity index (χ0) is 16.1. The number of fused-ring (bicyclic) bond motifs is 2. The third kappa shape index (κ3) is 2.81. The molecule has 0 aliphatic carbocycles. The van der Waals surface area contributed by atoms with Gasteiger partial charge in [-0.15, -0.1) is 0 Å². The van der Waals surface area contributed by atoms with Gasteiger partial charge in [-0.05, 0) is 46.5 Å². The van der Waals surface area contributed by atoms with Gasteiger partial charge in [0.05, 0.1) is 35.7 Å². The van der Waals surface area contributed by atoms with Crippen LogP contribution in [0.1, 0.15) is 53.4 Å². The molecule has 3 aliphatic heterocycles. The molecule has 2 bridgehead atoms. The van der Waals surface area contributed by atoms with Gasteiger partial charge in [-0.2, -0.15) is 0 Å². The minimum Gasteiger partial charge on any atom is -0.393 e. The van der Waals surface area contributed by atoms with E-state index in [0.717, 1.165) is 12.8 Å². The maximum absolute atomic E-state index is 11.7. The van der Waals surface area contributed by atoms with Crippen LogP contribution in [-0.2, 0) is 23.8 Å². The van der Waals surface area contributed by atoms with Crippen LogP contribution in [0.15, 0.2) is 0 Å². The van der Waals surface area contributed by atoms with Gasteiger partial charge in [0.25, 0.3) is 0 Å². The van der Waals surface area contributed by atoms with Crippen molar-refractivity contribution >= 4 is 11.9 Å². The number of carbonyl (C=O) groups is 2.